The summed E-state index contributed by atoms with van der Waals surface area (Å²) in [6, 6.07) is 7.53. The minimum atomic E-state index is -0.530. The summed E-state index contributed by atoms with van der Waals surface area (Å²) in [5.74, 6) is -0.756. The summed E-state index contributed by atoms with van der Waals surface area (Å²) in [6.07, 6.45) is 4.31. The number of nitrogens with one attached hydrogen (secondary N) is 2. The fourth-order valence-electron chi connectivity index (χ4n) is 2.63. The van der Waals surface area contributed by atoms with Crippen molar-refractivity contribution in [2.24, 2.45) is 0 Å². The van der Waals surface area contributed by atoms with Crippen molar-refractivity contribution in [3.8, 4) is 0 Å². The molecule has 0 aliphatic rings. The van der Waals surface area contributed by atoms with Crippen molar-refractivity contribution in [1.82, 2.24) is 15.3 Å². The number of pyridine rings is 1. The molecule has 0 atom stereocenters. The summed E-state index contributed by atoms with van der Waals surface area (Å²) in [4.78, 5) is 33.7. The highest BCUT2D eigenvalue weighted by atomic mass is 35.5. The molecule has 0 aliphatic heterocycles. The van der Waals surface area contributed by atoms with Gasteiger partial charge in [0.15, 0.2) is 5.13 Å². The third-order valence-electron chi connectivity index (χ3n) is 4.04. The first-order valence-corrected chi connectivity index (χ1v) is 11.0. The SMILES string of the molecule is CC(=O)N(c1nc(/C=C/C(=O)NCCNc2ncc(Cl)cc2Cl)cs1)c1ccccc1F. The van der Waals surface area contributed by atoms with Crippen molar-refractivity contribution in [3.63, 3.8) is 0 Å². The van der Waals surface area contributed by atoms with Crippen LogP contribution in [-0.2, 0) is 9.59 Å². The summed E-state index contributed by atoms with van der Waals surface area (Å²) >= 11 is 13.0. The Kier molecular flexibility index (Phi) is 8.15. The van der Waals surface area contributed by atoms with Gasteiger partial charge in [-0.1, -0.05) is 35.3 Å². The number of carbonyl (C=O) groups excluding carboxylic acids is 2. The summed E-state index contributed by atoms with van der Waals surface area (Å²) < 4.78 is 14.1. The summed E-state index contributed by atoms with van der Waals surface area (Å²) in [5, 5.41) is 8.51. The maximum absolute atomic E-state index is 14.1. The van der Waals surface area contributed by atoms with E-state index in [2.05, 4.69) is 20.6 Å². The van der Waals surface area contributed by atoms with Crippen LogP contribution in [0.3, 0.4) is 0 Å². The maximum Gasteiger partial charge on any atom is 0.244 e. The van der Waals surface area contributed by atoms with Crippen LogP contribution < -0.4 is 15.5 Å². The molecular weight excluding hydrogens is 476 g/mol. The molecule has 0 saturated heterocycles. The molecule has 1 aromatic carbocycles. The second kappa shape index (κ2) is 11.0. The van der Waals surface area contributed by atoms with Gasteiger partial charge in [0.05, 0.1) is 21.4 Å². The number of nitrogens with zero attached hydrogens (tertiary/aromatic N) is 3. The molecule has 166 valence electrons. The lowest BCUT2D eigenvalue weighted by Gasteiger charge is -2.18. The Hall–Kier alpha value is -3.01. The molecule has 0 saturated carbocycles. The van der Waals surface area contributed by atoms with E-state index in [1.54, 1.807) is 23.6 Å². The molecule has 3 aromatic rings. The van der Waals surface area contributed by atoms with Crippen molar-refractivity contribution < 1.29 is 14.0 Å². The number of benzene rings is 1. The number of thiazole rings is 1. The van der Waals surface area contributed by atoms with Crippen molar-refractivity contribution in [1.29, 1.82) is 0 Å². The molecule has 0 unspecified atom stereocenters. The Morgan fingerprint density at radius 2 is 2.03 bits per heavy atom. The highest BCUT2D eigenvalue weighted by Crippen LogP contribution is 2.31. The van der Waals surface area contributed by atoms with E-state index in [-0.39, 0.29) is 17.5 Å². The molecule has 3 rings (SSSR count). The van der Waals surface area contributed by atoms with Crippen LogP contribution in [0.2, 0.25) is 10.0 Å². The Morgan fingerprint density at radius 3 is 2.75 bits per heavy atom. The summed E-state index contributed by atoms with van der Waals surface area (Å²) in [5.41, 5.74) is 0.586. The van der Waals surface area contributed by atoms with Crippen LogP contribution in [0.4, 0.5) is 21.0 Å². The Bertz CT molecular complexity index is 1150. The van der Waals surface area contributed by atoms with Crippen LogP contribution >= 0.6 is 34.5 Å². The molecule has 0 bridgehead atoms. The van der Waals surface area contributed by atoms with Crippen molar-refractivity contribution in [2.75, 3.05) is 23.3 Å². The lowest BCUT2D eigenvalue weighted by atomic mass is 10.3. The molecule has 0 spiro atoms. The van der Waals surface area contributed by atoms with Gasteiger partial charge < -0.3 is 10.6 Å². The Labute approximate surface area is 197 Å². The summed E-state index contributed by atoms with van der Waals surface area (Å²) in [6.45, 7) is 2.07. The predicted octanol–water partition coefficient (Wildman–Crippen LogP) is 4.91. The number of hydrogen-bond donors (Lipinski definition) is 2. The zero-order valence-electron chi connectivity index (χ0n) is 16.8. The van der Waals surface area contributed by atoms with Gasteiger partial charge in [0.2, 0.25) is 11.8 Å². The highest BCUT2D eigenvalue weighted by molar-refractivity contribution is 7.14. The lowest BCUT2D eigenvalue weighted by Crippen LogP contribution is -2.27. The third kappa shape index (κ3) is 6.25. The molecule has 0 fully saturated rings. The molecule has 7 nitrogen and oxygen atoms in total. The van der Waals surface area contributed by atoms with Gasteiger partial charge in [-0.05, 0) is 24.3 Å². The smallest absolute Gasteiger partial charge is 0.244 e. The van der Waals surface area contributed by atoms with Crippen molar-refractivity contribution in [3.05, 3.63) is 69.5 Å². The van der Waals surface area contributed by atoms with E-state index < -0.39 is 5.82 Å². The highest BCUT2D eigenvalue weighted by Gasteiger charge is 2.20. The first kappa shape index (κ1) is 23.6. The normalized spacial score (nSPS) is 10.9. The molecule has 2 aromatic heterocycles. The Morgan fingerprint density at radius 1 is 1.25 bits per heavy atom. The average molecular weight is 494 g/mol. The number of hydrogen-bond acceptors (Lipinski definition) is 6. The quantitative estimate of drug-likeness (QED) is 0.343. The van der Waals surface area contributed by atoms with E-state index in [9.17, 15) is 14.0 Å². The molecule has 0 aliphatic carbocycles. The van der Waals surface area contributed by atoms with Gasteiger partial charge in [-0.2, -0.15) is 0 Å². The Balaban J connectivity index is 1.55. The molecule has 2 heterocycles. The van der Waals surface area contributed by atoms with Gasteiger partial charge in [0.1, 0.15) is 11.6 Å². The second-order valence-electron chi connectivity index (χ2n) is 6.40. The van der Waals surface area contributed by atoms with Gasteiger partial charge in [0, 0.05) is 37.7 Å². The average Bonchev–Trinajstić information content (AvgIpc) is 3.21. The number of carbonyl (C=O) groups is 2. The zero-order chi connectivity index (χ0) is 23.1. The van der Waals surface area contributed by atoms with Crippen molar-refractivity contribution in [2.45, 2.75) is 6.92 Å². The number of aromatic nitrogens is 2. The van der Waals surface area contributed by atoms with E-state index in [4.69, 9.17) is 23.2 Å². The van der Waals surface area contributed by atoms with Gasteiger partial charge in [-0.25, -0.2) is 14.4 Å². The fraction of sp³-hybridized carbons (Fsp3) is 0.143. The van der Waals surface area contributed by atoms with Crippen LogP contribution in [-0.4, -0.2) is 34.9 Å². The summed E-state index contributed by atoms with van der Waals surface area (Å²) in [7, 11) is 0. The van der Waals surface area contributed by atoms with Crippen LogP contribution in [0.15, 0.2) is 48.0 Å². The minimum Gasteiger partial charge on any atom is -0.367 e. The maximum atomic E-state index is 14.1. The first-order chi connectivity index (χ1) is 15.3. The molecule has 2 amide bonds. The van der Waals surface area contributed by atoms with Gasteiger partial charge in [-0.15, -0.1) is 11.3 Å². The first-order valence-electron chi connectivity index (χ1n) is 9.36. The second-order valence-corrected chi connectivity index (χ2v) is 8.08. The predicted molar refractivity (Wildman–Crippen MR) is 126 cm³/mol. The van der Waals surface area contributed by atoms with E-state index >= 15 is 0 Å². The number of anilines is 3. The molecular formula is C21H18Cl2FN5O2S. The van der Waals surface area contributed by atoms with Crippen LogP contribution in [0.25, 0.3) is 6.08 Å². The molecule has 11 heteroatoms. The number of rotatable bonds is 8. The fourth-order valence-corrected chi connectivity index (χ4v) is 3.92. The number of para-hydroxylation sites is 1. The third-order valence-corrected chi connectivity index (χ3v) is 5.38. The van der Waals surface area contributed by atoms with Crippen molar-refractivity contribution >= 4 is 69.1 Å². The standard InChI is InChI=1S/C21H18Cl2FN5O2S/c1-13(30)29(18-5-3-2-4-17(18)24)21-28-15(12-32-21)6-7-19(31)25-8-9-26-20-16(23)10-14(22)11-27-20/h2-7,10-12H,8-9H2,1H3,(H,25,31)(H,26,27)/b7-6+. The van der Waals surface area contributed by atoms with Gasteiger partial charge in [0.25, 0.3) is 0 Å². The van der Waals surface area contributed by atoms with Gasteiger partial charge >= 0.3 is 0 Å². The number of amides is 2. The monoisotopic (exact) mass is 493 g/mol. The molecule has 0 radical (unpaired) electrons. The van der Waals surface area contributed by atoms with E-state index in [0.717, 1.165) is 0 Å². The molecule has 32 heavy (non-hydrogen) atoms. The largest absolute Gasteiger partial charge is 0.367 e. The van der Waals surface area contributed by atoms with Crippen LogP contribution in [0.1, 0.15) is 12.6 Å². The lowest BCUT2D eigenvalue weighted by molar-refractivity contribution is -0.117. The molecule has 2 N–H and O–H groups in total. The number of halogens is 3. The van der Waals surface area contributed by atoms with Gasteiger partial charge in [-0.3, -0.25) is 14.5 Å². The van der Waals surface area contributed by atoms with Crippen LogP contribution in [0.5, 0.6) is 0 Å². The van der Waals surface area contributed by atoms with E-state index in [0.29, 0.717) is 39.8 Å². The minimum absolute atomic E-state index is 0.116. The topological polar surface area (TPSA) is 87.2 Å². The van der Waals surface area contributed by atoms with E-state index in [1.165, 1.54) is 53.6 Å². The van der Waals surface area contributed by atoms with Crippen LogP contribution in [0, 0.1) is 5.82 Å². The zero-order valence-corrected chi connectivity index (χ0v) is 19.1. The van der Waals surface area contributed by atoms with E-state index in [1.807, 2.05) is 0 Å².